The Bertz CT molecular complexity index is 1610. The van der Waals surface area contributed by atoms with Gasteiger partial charge in [0.25, 0.3) is 5.78 Å². The highest BCUT2D eigenvalue weighted by molar-refractivity contribution is 6.09. The maximum Gasteiger partial charge on any atom is 0.269 e. The molecule has 3 aliphatic rings. The molecule has 4 heterocycles. The van der Waals surface area contributed by atoms with Crippen LogP contribution in [0.15, 0.2) is 65.2 Å². The van der Waals surface area contributed by atoms with Crippen LogP contribution in [-0.2, 0) is 4.74 Å². The fraction of sp³-hybridized carbons (Fsp3) is 0.538. The maximum atomic E-state index is 15.8. The van der Waals surface area contributed by atoms with Crippen LogP contribution in [0.1, 0.15) is 101 Å². The van der Waals surface area contributed by atoms with Gasteiger partial charge in [-0.2, -0.15) is 15.0 Å². The number of rotatable bonds is 9. The Morgan fingerprint density at radius 2 is 2.02 bits per heavy atom. The van der Waals surface area contributed by atoms with Crippen LogP contribution in [-0.4, -0.2) is 64.9 Å². The molecule has 8 nitrogen and oxygen atoms in total. The van der Waals surface area contributed by atoms with Crippen LogP contribution in [0.4, 0.5) is 4.39 Å². The van der Waals surface area contributed by atoms with Crippen molar-refractivity contribution < 1.29 is 18.7 Å². The van der Waals surface area contributed by atoms with Gasteiger partial charge in [0, 0.05) is 25.6 Å². The number of hydrogen-bond donors (Lipinski definition) is 0. The van der Waals surface area contributed by atoms with Gasteiger partial charge in [0.1, 0.15) is 17.5 Å². The second-order valence-electron chi connectivity index (χ2n) is 13.6. The summed E-state index contributed by atoms with van der Waals surface area (Å²) in [5.74, 6) is 0.0471. The van der Waals surface area contributed by atoms with Gasteiger partial charge in [-0.15, -0.1) is 0 Å². The highest BCUT2D eigenvalue weighted by Gasteiger charge is 2.24. The van der Waals surface area contributed by atoms with Crippen LogP contribution >= 0.6 is 0 Å². The minimum atomic E-state index is -0.715. The van der Waals surface area contributed by atoms with E-state index in [0.717, 1.165) is 94.3 Å². The first-order chi connectivity index (χ1) is 23.3. The molecule has 2 aromatic heterocycles. The molecule has 48 heavy (non-hydrogen) atoms. The number of carbonyl (C=O) groups is 1. The van der Waals surface area contributed by atoms with Gasteiger partial charge in [-0.05, 0) is 119 Å². The van der Waals surface area contributed by atoms with Gasteiger partial charge >= 0.3 is 0 Å². The number of aromatic nitrogens is 3. The van der Waals surface area contributed by atoms with Gasteiger partial charge in [0.15, 0.2) is 5.82 Å². The Morgan fingerprint density at radius 1 is 1.17 bits per heavy atom. The van der Waals surface area contributed by atoms with Crippen LogP contribution in [0.2, 0.25) is 0 Å². The Hall–Kier alpha value is -3.87. The van der Waals surface area contributed by atoms with Crippen LogP contribution in [0.3, 0.4) is 0 Å². The lowest BCUT2D eigenvalue weighted by atomic mass is 9.86. The Kier molecular flexibility index (Phi) is 12.5. The minimum absolute atomic E-state index is 0.0548. The molecule has 3 atom stereocenters. The quantitative estimate of drug-likeness (QED) is 0.198. The summed E-state index contributed by atoms with van der Waals surface area (Å²) in [5, 5.41) is 13.5. The van der Waals surface area contributed by atoms with E-state index in [1.807, 2.05) is 25.1 Å². The van der Waals surface area contributed by atoms with Crippen LogP contribution in [0.5, 0.6) is 5.88 Å². The summed E-state index contributed by atoms with van der Waals surface area (Å²) in [5.41, 5.74) is 5.62. The minimum Gasteiger partial charge on any atom is -0.480 e. The lowest BCUT2D eigenvalue weighted by Crippen LogP contribution is -2.39. The molecule has 1 fully saturated rings. The lowest BCUT2D eigenvalue weighted by Gasteiger charge is -2.32. The van der Waals surface area contributed by atoms with Crippen LogP contribution in [0, 0.1) is 23.2 Å². The SMILES string of the molecule is COc1c(C(=O)C#N)cnn1-c1cccc(C2=C/CCCC/C(C)=C\2CCC2=C/C(C)CCN(C[C@@H]3CCCCO3)CC(C)/C(F)=C\2)n1. The highest BCUT2D eigenvalue weighted by Crippen LogP contribution is 2.35. The Morgan fingerprint density at radius 3 is 2.79 bits per heavy atom. The molecule has 0 spiro atoms. The predicted molar refractivity (Wildman–Crippen MR) is 186 cm³/mol. The third kappa shape index (κ3) is 8.97. The number of pyridine rings is 1. The molecule has 0 saturated carbocycles. The van der Waals surface area contributed by atoms with Crippen molar-refractivity contribution in [2.24, 2.45) is 11.8 Å². The average molecular weight is 656 g/mol. The van der Waals surface area contributed by atoms with E-state index in [0.29, 0.717) is 18.3 Å². The van der Waals surface area contributed by atoms with E-state index in [1.54, 1.807) is 12.1 Å². The maximum absolute atomic E-state index is 15.8. The number of nitrogens with zero attached hydrogens (tertiary/aromatic N) is 5. The van der Waals surface area contributed by atoms with Gasteiger partial charge in [-0.1, -0.05) is 37.6 Å². The smallest absolute Gasteiger partial charge is 0.269 e. The summed E-state index contributed by atoms with van der Waals surface area (Å²) in [6.45, 7) is 9.81. The standard InChI is InChI=1S/C39H50FN5O3/c1-27-18-19-44(26-31-12-8-9-20-48-31)25-29(3)35(40)22-30(21-27)16-17-32-28(2)11-6-5-7-13-33(32)36-14-10-15-38(43-36)45-39(47-4)34(24-42-45)37(46)23-41/h10,13-15,21-22,24,27,29,31H,5-9,11-12,16-20,25-26H2,1-4H3/b30-21-,32-28-,33-13+,35-22+/t27?,29?,31-/m0/s1. The number of halogens is 1. The molecule has 0 aromatic carbocycles. The Balaban J connectivity index is 1.37. The number of ketones is 1. The Labute approximate surface area is 285 Å². The number of Topliss-reactive ketones (excluding diaryl/α,β-unsaturated/α-hetero) is 1. The van der Waals surface area contributed by atoms with Crippen molar-refractivity contribution in [3.05, 3.63) is 76.4 Å². The lowest BCUT2D eigenvalue weighted by molar-refractivity contribution is -0.00806. The second-order valence-corrected chi connectivity index (χ2v) is 13.6. The number of hydrogen-bond acceptors (Lipinski definition) is 7. The molecule has 0 N–H and O–H groups in total. The van der Waals surface area contributed by atoms with E-state index < -0.39 is 5.78 Å². The molecule has 0 bridgehead atoms. The molecule has 2 unspecified atom stereocenters. The summed E-state index contributed by atoms with van der Waals surface area (Å²) >= 11 is 0. The predicted octanol–water partition coefficient (Wildman–Crippen LogP) is 8.36. The van der Waals surface area contributed by atoms with E-state index in [1.165, 1.54) is 35.6 Å². The zero-order valence-corrected chi connectivity index (χ0v) is 29.0. The average Bonchev–Trinajstić information content (AvgIpc) is 3.52. The zero-order chi connectivity index (χ0) is 34.0. The van der Waals surface area contributed by atoms with Gasteiger partial charge in [-0.3, -0.25) is 4.79 Å². The number of allylic oxidation sites excluding steroid dienone is 7. The van der Waals surface area contributed by atoms with E-state index in [4.69, 9.17) is 19.7 Å². The van der Waals surface area contributed by atoms with Gasteiger partial charge < -0.3 is 14.4 Å². The highest BCUT2D eigenvalue weighted by atomic mass is 19.1. The first-order valence-corrected chi connectivity index (χ1v) is 17.6. The third-order valence-electron chi connectivity index (χ3n) is 9.81. The molecular formula is C39H50FN5O3. The van der Waals surface area contributed by atoms with Crippen molar-refractivity contribution in [1.29, 1.82) is 5.26 Å². The number of ether oxygens (including phenoxy) is 2. The summed E-state index contributed by atoms with van der Waals surface area (Å²) < 4.78 is 28.7. The summed E-state index contributed by atoms with van der Waals surface area (Å²) in [6, 6.07) is 7.37. The molecule has 0 amide bonds. The van der Waals surface area contributed by atoms with Crippen molar-refractivity contribution in [2.45, 2.75) is 91.1 Å². The van der Waals surface area contributed by atoms with E-state index in [9.17, 15) is 4.79 Å². The number of nitriles is 1. The van der Waals surface area contributed by atoms with Crippen molar-refractivity contribution in [1.82, 2.24) is 19.7 Å². The molecule has 2 aliphatic heterocycles. The largest absolute Gasteiger partial charge is 0.480 e. The first kappa shape index (κ1) is 35.4. The molecular weight excluding hydrogens is 605 g/mol. The molecule has 256 valence electrons. The van der Waals surface area contributed by atoms with Crippen LogP contribution < -0.4 is 4.74 Å². The molecule has 9 heteroatoms. The fourth-order valence-corrected chi connectivity index (χ4v) is 7.09. The molecule has 0 radical (unpaired) electrons. The normalized spacial score (nSPS) is 28.0. The zero-order valence-electron chi connectivity index (χ0n) is 29.0. The third-order valence-corrected chi connectivity index (χ3v) is 9.81. The van der Waals surface area contributed by atoms with E-state index >= 15 is 4.39 Å². The number of methoxy groups -OCH3 is 1. The number of carbonyl (C=O) groups excluding carboxylic acids is 1. The second kappa shape index (κ2) is 17.0. The topological polar surface area (TPSA) is 93.3 Å². The summed E-state index contributed by atoms with van der Waals surface area (Å²) in [7, 11) is 1.45. The van der Waals surface area contributed by atoms with Crippen LogP contribution in [0.25, 0.3) is 11.4 Å². The fourth-order valence-electron chi connectivity index (χ4n) is 7.09. The van der Waals surface area contributed by atoms with Crippen molar-refractivity contribution in [3.63, 3.8) is 0 Å². The van der Waals surface area contributed by atoms with Crippen molar-refractivity contribution in [3.8, 4) is 17.8 Å². The van der Waals surface area contributed by atoms with Crippen molar-refractivity contribution >= 4 is 11.4 Å². The van der Waals surface area contributed by atoms with Gasteiger partial charge in [-0.25, -0.2) is 9.37 Å². The first-order valence-electron chi connectivity index (χ1n) is 17.6. The van der Waals surface area contributed by atoms with E-state index in [-0.39, 0.29) is 29.3 Å². The van der Waals surface area contributed by atoms with Gasteiger partial charge in [0.05, 0.1) is 25.1 Å². The van der Waals surface area contributed by atoms with Crippen molar-refractivity contribution in [2.75, 3.05) is 33.4 Å². The molecule has 1 aliphatic carbocycles. The van der Waals surface area contributed by atoms with Gasteiger partial charge in [0.2, 0.25) is 5.88 Å². The summed E-state index contributed by atoms with van der Waals surface area (Å²) in [4.78, 5) is 19.5. The summed E-state index contributed by atoms with van der Waals surface area (Å²) in [6.07, 6.45) is 18.1. The monoisotopic (exact) mass is 655 g/mol. The molecule has 2 aromatic rings. The van der Waals surface area contributed by atoms with E-state index in [2.05, 4.69) is 36.0 Å². The molecule has 5 rings (SSSR count). The molecule has 1 saturated heterocycles.